The molecule has 0 spiro atoms. The summed E-state index contributed by atoms with van der Waals surface area (Å²) in [6.45, 7) is 1.46. The molecule has 9 nitrogen and oxygen atoms in total. The first-order valence-electron chi connectivity index (χ1n) is 12.8. The van der Waals surface area contributed by atoms with Crippen LogP contribution in [0.4, 0.5) is 4.79 Å². The fourth-order valence-electron chi connectivity index (χ4n) is 5.33. The maximum atomic E-state index is 13.6. The normalized spacial score (nSPS) is 33.6. The molecule has 1 unspecified atom stereocenters. The van der Waals surface area contributed by atoms with E-state index < -0.39 is 30.3 Å². The maximum absolute atomic E-state index is 13.6. The number of ether oxygens (including phenoxy) is 2. The Morgan fingerprint density at radius 2 is 1.76 bits per heavy atom. The average Bonchev–Trinajstić information content (AvgIpc) is 3.13. The summed E-state index contributed by atoms with van der Waals surface area (Å²) < 4.78 is 10.9. The van der Waals surface area contributed by atoms with Crippen LogP contribution in [0.5, 0.6) is 0 Å². The van der Waals surface area contributed by atoms with Crippen LogP contribution in [0.3, 0.4) is 0 Å². The van der Waals surface area contributed by atoms with Gasteiger partial charge in [0.25, 0.3) is 0 Å². The van der Waals surface area contributed by atoms with E-state index in [2.05, 4.69) is 22.8 Å². The highest BCUT2D eigenvalue weighted by molar-refractivity contribution is 5.92. The summed E-state index contributed by atoms with van der Waals surface area (Å²) >= 11 is 0. The molecule has 2 aliphatic heterocycles. The lowest BCUT2D eigenvalue weighted by Crippen LogP contribution is -2.54. The molecule has 2 heterocycles. The molecule has 0 aromatic rings. The molecule has 0 radical (unpaired) electrons. The number of amides is 3. The zero-order valence-corrected chi connectivity index (χ0v) is 20.0. The van der Waals surface area contributed by atoms with Crippen molar-refractivity contribution in [1.29, 1.82) is 0 Å². The number of hydrogen-bond acceptors (Lipinski definition) is 6. The number of carbonyl (C=O) groups is 4. The van der Waals surface area contributed by atoms with Crippen molar-refractivity contribution >= 4 is 23.9 Å². The van der Waals surface area contributed by atoms with E-state index >= 15 is 0 Å². The summed E-state index contributed by atoms with van der Waals surface area (Å²) in [7, 11) is 0. The van der Waals surface area contributed by atoms with Crippen LogP contribution in [0.2, 0.25) is 0 Å². The topological polar surface area (TPSA) is 114 Å². The Labute approximate surface area is 201 Å². The van der Waals surface area contributed by atoms with Crippen molar-refractivity contribution in [1.82, 2.24) is 15.5 Å². The number of rotatable bonds is 3. The summed E-state index contributed by atoms with van der Waals surface area (Å²) in [5.41, 5.74) is 0. The second-order valence-corrected chi connectivity index (χ2v) is 10.1. The highest BCUT2D eigenvalue weighted by Crippen LogP contribution is 2.33. The second-order valence-electron chi connectivity index (χ2n) is 10.1. The van der Waals surface area contributed by atoms with Crippen LogP contribution in [0.15, 0.2) is 12.2 Å². The van der Waals surface area contributed by atoms with Gasteiger partial charge in [-0.3, -0.25) is 14.4 Å². The van der Waals surface area contributed by atoms with E-state index in [-0.39, 0.29) is 36.9 Å². The molecule has 0 bridgehead atoms. The number of carbonyl (C=O) groups excluding carboxylic acids is 4. The van der Waals surface area contributed by atoms with Gasteiger partial charge < -0.3 is 25.0 Å². The van der Waals surface area contributed by atoms with Crippen molar-refractivity contribution in [3.05, 3.63) is 12.2 Å². The fourth-order valence-corrected chi connectivity index (χ4v) is 5.33. The van der Waals surface area contributed by atoms with E-state index in [1.165, 1.54) is 11.8 Å². The van der Waals surface area contributed by atoms with E-state index in [0.717, 1.165) is 57.8 Å². The smallest absolute Gasteiger partial charge is 0.408 e. The standard InChI is InChI=1S/C25H37N3O6/c1-16(29)33-19-14-22-23(30)26-21-13-17(21)9-5-3-2-4-6-12-20(24(31)28(22)15-19)27-25(32)34-18-10-7-8-11-18/h5,9,17-22H,2-4,6-8,10-15H2,1H3,(H,26,30)(H,27,32)/b9-5-/t17-,19-,20+,21?,22+/m1/s1. The molecule has 2 aliphatic carbocycles. The molecule has 5 atom stereocenters. The van der Waals surface area contributed by atoms with Crippen molar-refractivity contribution < 1.29 is 28.7 Å². The molecule has 2 N–H and O–H groups in total. The first-order chi connectivity index (χ1) is 16.4. The number of nitrogens with zero attached hydrogens (tertiary/aromatic N) is 1. The van der Waals surface area contributed by atoms with Gasteiger partial charge in [-0.05, 0) is 57.3 Å². The Morgan fingerprint density at radius 3 is 2.53 bits per heavy atom. The van der Waals surface area contributed by atoms with E-state index in [1.807, 2.05) is 0 Å². The quantitative estimate of drug-likeness (QED) is 0.479. The SMILES string of the molecule is CC(=O)O[C@@H]1C[C@H]2C(=O)NC3C[C@H]3/C=C\CCCCC[C@H](NC(=O)OC3CCCC3)C(=O)N2C1. The van der Waals surface area contributed by atoms with Crippen molar-refractivity contribution in [2.75, 3.05) is 6.54 Å². The van der Waals surface area contributed by atoms with Crippen LogP contribution in [-0.4, -0.2) is 65.7 Å². The first-order valence-corrected chi connectivity index (χ1v) is 12.8. The Morgan fingerprint density at radius 1 is 1.00 bits per heavy atom. The largest absolute Gasteiger partial charge is 0.461 e. The predicted octanol–water partition coefficient (Wildman–Crippen LogP) is 2.58. The van der Waals surface area contributed by atoms with Gasteiger partial charge in [0.05, 0.1) is 6.54 Å². The number of esters is 1. The molecule has 0 aromatic heterocycles. The number of alkyl carbamates (subject to hydrolysis) is 1. The molecule has 2 saturated carbocycles. The van der Waals surface area contributed by atoms with Crippen molar-refractivity contribution in [2.45, 2.75) is 108 Å². The molecule has 3 fully saturated rings. The van der Waals surface area contributed by atoms with Gasteiger partial charge in [-0.1, -0.05) is 25.0 Å². The predicted molar refractivity (Wildman–Crippen MR) is 124 cm³/mol. The van der Waals surface area contributed by atoms with Crippen molar-refractivity contribution in [3.63, 3.8) is 0 Å². The summed E-state index contributed by atoms with van der Waals surface area (Å²) in [6.07, 6.45) is 12.2. The fraction of sp³-hybridized carbons (Fsp3) is 0.760. The molecule has 3 amide bonds. The van der Waals surface area contributed by atoms with Gasteiger partial charge in [0, 0.05) is 19.4 Å². The molecule has 34 heavy (non-hydrogen) atoms. The number of hydrogen-bond donors (Lipinski definition) is 2. The van der Waals surface area contributed by atoms with Gasteiger partial charge in [-0.25, -0.2) is 4.79 Å². The van der Waals surface area contributed by atoms with Crippen LogP contribution in [0.1, 0.15) is 77.6 Å². The van der Waals surface area contributed by atoms with Gasteiger partial charge >= 0.3 is 12.1 Å². The van der Waals surface area contributed by atoms with Crippen LogP contribution >= 0.6 is 0 Å². The molecular formula is C25H37N3O6. The minimum atomic E-state index is -0.783. The Hall–Kier alpha value is -2.58. The van der Waals surface area contributed by atoms with Gasteiger partial charge in [-0.2, -0.15) is 0 Å². The lowest BCUT2D eigenvalue weighted by molar-refractivity contribution is -0.146. The number of allylic oxidation sites excluding steroid dienone is 1. The Balaban J connectivity index is 1.49. The zero-order chi connectivity index (χ0) is 24.1. The van der Waals surface area contributed by atoms with Gasteiger partial charge in [0.15, 0.2) is 0 Å². The Kier molecular flexibility index (Phi) is 8.11. The monoisotopic (exact) mass is 475 g/mol. The van der Waals surface area contributed by atoms with E-state index in [1.54, 1.807) is 0 Å². The third-order valence-corrected chi connectivity index (χ3v) is 7.26. The molecule has 188 valence electrons. The lowest BCUT2D eigenvalue weighted by atomic mass is 10.0. The minimum Gasteiger partial charge on any atom is -0.461 e. The third kappa shape index (κ3) is 6.51. The minimum absolute atomic E-state index is 0.0777. The van der Waals surface area contributed by atoms with E-state index in [4.69, 9.17) is 9.47 Å². The van der Waals surface area contributed by atoms with Crippen LogP contribution in [-0.2, 0) is 23.9 Å². The summed E-state index contributed by atoms with van der Waals surface area (Å²) in [5, 5.41) is 5.84. The van der Waals surface area contributed by atoms with Gasteiger partial charge in [0.1, 0.15) is 24.3 Å². The van der Waals surface area contributed by atoms with Crippen LogP contribution in [0, 0.1) is 5.92 Å². The Bertz CT molecular complexity index is 808. The van der Waals surface area contributed by atoms with E-state index in [0.29, 0.717) is 12.3 Å². The van der Waals surface area contributed by atoms with Crippen LogP contribution < -0.4 is 10.6 Å². The number of fused-ring (bicyclic) bond motifs is 2. The summed E-state index contributed by atoms with van der Waals surface area (Å²) in [6, 6.07) is -1.44. The second kappa shape index (κ2) is 11.2. The van der Waals surface area contributed by atoms with Gasteiger partial charge in [-0.15, -0.1) is 0 Å². The molecule has 9 heteroatoms. The highest BCUT2D eigenvalue weighted by atomic mass is 16.6. The highest BCUT2D eigenvalue weighted by Gasteiger charge is 2.45. The number of nitrogens with one attached hydrogen (secondary N) is 2. The summed E-state index contributed by atoms with van der Waals surface area (Å²) in [5.74, 6) is -0.656. The molecule has 1 saturated heterocycles. The molecule has 0 aromatic carbocycles. The van der Waals surface area contributed by atoms with Crippen molar-refractivity contribution in [2.24, 2.45) is 5.92 Å². The molecule has 4 rings (SSSR count). The molecular weight excluding hydrogens is 438 g/mol. The first kappa shape index (κ1) is 24.5. The third-order valence-electron chi connectivity index (χ3n) is 7.26. The van der Waals surface area contributed by atoms with E-state index in [9.17, 15) is 19.2 Å². The zero-order valence-electron chi connectivity index (χ0n) is 20.0. The summed E-state index contributed by atoms with van der Waals surface area (Å²) in [4.78, 5) is 52.4. The van der Waals surface area contributed by atoms with Crippen LogP contribution in [0.25, 0.3) is 0 Å². The lowest BCUT2D eigenvalue weighted by Gasteiger charge is -2.28. The van der Waals surface area contributed by atoms with Gasteiger partial charge in [0.2, 0.25) is 11.8 Å². The van der Waals surface area contributed by atoms with Crippen molar-refractivity contribution in [3.8, 4) is 0 Å². The molecule has 4 aliphatic rings. The maximum Gasteiger partial charge on any atom is 0.408 e. The average molecular weight is 476 g/mol.